The molecule has 0 atom stereocenters. The fourth-order valence-electron chi connectivity index (χ4n) is 2.03. The Morgan fingerprint density at radius 1 is 1.56 bits per heavy atom. The number of carboxylic acids is 1. The molecule has 1 rings (SSSR count). The lowest BCUT2D eigenvalue weighted by Gasteiger charge is -2.24. The van der Waals surface area contributed by atoms with Crippen molar-refractivity contribution in [1.82, 2.24) is 5.32 Å². The molecular formula is C12H21NO3. The van der Waals surface area contributed by atoms with Gasteiger partial charge in [-0.05, 0) is 38.6 Å². The SMILES string of the molecule is COCCCNC1CCC(=CC(=O)O)CC1. The van der Waals surface area contributed by atoms with Crippen molar-refractivity contribution in [2.24, 2.45) is 0 Å². The van der Waals surface area contributed by atoms with Crippen LogP contribution in [0.4, 0.5) is 0 Å². The molecule has 0 aromatic rings. The number of ether oxygens (including phenoxy) is 1. The molecule has 1 aliphatic rings. The van der Waals surface area contributed by atoms with Crippen molar-refractivity contribution in [3.63, 3.8) is 0 Å². The molecular weight excluding hydrogens is 206 g/mol. The second-order valence-corrected chi connectivity index (χ2v) is 4.22. The van der Waals surface area contributed by atoms with Crippen LogP contribution in [0.5, 0.6) is 0 Å². The molecule has 0 radical (unpaired) electrons. The van der Waals surface area contributed by atoms with Gasteiger partial charge in [0.25, 0.3) is 0 Å². The van der Waals surface area contributed by atoms with Gasteiger partial charge in [-0.1, -0.05) is 5.57 Å². The standard InChI is InChI=1S/C12H21NO3/c1-16-8-2-7-13-11-5-3-10(4-6-11)9-12(14)15/h9,11,13H,2-8H2,1H3,(H,14,15). The van der Waals surface area contributed by atoms with Crippen molar-refractivity contribution in [2.45, 2.75) is 38.1 Å². The normalized spacial score (nSPS) is 20.8. The molecule has 1 aliphatic carbocycles. The molecule has 0 saturated heterocycles. The highest BCUT2D eigenvalue weighted by Gasteiger charge is 2.16. The number of allylic oxidation sites excluding steroid dienone is 1. The van der Waals surface area contributed by atoms with Gasteiger partial charge in [0, 0.05) is 25.8 Å². The molecule has 2 N–H and O–H groups in total. The van der Waals surface area contributed by atoms with E-state index in [0.717, 1.165) is 50.8 Å². The second-order valence-electron chi connectivity index (χ2n) is 4.22. The summed E-state index contributed by atoms with van der Waals surface area (Å²) in [7, 11) is 1.71. The van der Waals surface area contributed by atoms with Crippen molar-refractivity contribution in [3.8, 4) is 0 Å². The monoisotopic (exact) mass is 227 g/mol. The largest absolute Gasteiger partial charge is 0.478 e. The lowest BCUT2D eigenvalue weighted by Crippen LogP contribution is -2.32. The van der Waals surface area contributed by atoms with Crippen LogP contribution in [0.1, 0.15) is 32.1 Å². The molecule has 0 heterocycles. The van der Waals surface area contributed by atoms with Crippen LogP contribution in [0, 0.1) is 0 Å². The van der Waals surface area contributed by atoms with Crippen LogP contribution in [0.2, 0.25) is 0 Å². The Bertz CT molecular complexity index is 241. The van der Waals surface area contributed by atoms with E-state index in [2.05, 4.69) is 5.32 Å². The smallest absolute Gasteiger partial charge is 0.328 e. The van der Waals surface area contributed by atoms with Crippen molar-refractivity contribution in [1.29, 1.82) is 0 Å². The van der Waals surface area contributed by atoms with Gasteiger partial charge >= 0.3 is 5.97 Å². The highest BCUT2D eigenvalue weighted by Crippen LogP contribution is 2.23. The number of hydrogen-bond acceptors (Lipinski definition) is 3. The third kappa shape index (κ3) is 5.28. The molecule has 0 aromatic heterocycles. The summed E-state index contributed by atoms with van der Waals surface area (Å²) in [5, 5.41) is 12.1. The van der Waals surface area contributed by atoms with Gasteiger partial charge in [-0.15, -0.1) is 0 Å². The predicted molar refractivity (Wildman–Crippen MR) is 62.5 cm³/mol. The van der Waals surface area contributed by atoms with Gasteiger partial charge in [0.2, 0.25) is 0 Å². The van der Waals surface area contributed by atoms with Gasteiger partial charge in [0.1, 0.15) is 0 Å². The predicted octanol–water partition coefficient (Wildman–Crippen LogP) is 1.57. The van der Waals surface area contributed by atoms with E-state index in [4.69, 9.17) is 9.84 Å². The molecule has 16 heavy (non-hydrogen) atoms. The van der Waals surface area contributed by atoms with Crippen molar-refractivity contribution in [3.05, 3.63) is 11.6 Å². The zero-order valence-corrected chi connectivity index (χ0v) is 9.87. The molecule has 0 amide bonds. The Balaban J connectivity index is 2.14. The quantitative estimate of drug-likeness (QED) is 0.534. The highest BCUT2D eigenvalue weighted by molar-refractivity contribution is 5.80. The number of carbonyl (C=O) groups is 1. The fraction of sp³-hybridized carbons (Fsp3) is 0.750. The van der Waals surface area contributed by atoms with E-state index >= 15 is 0 Å². The lowest BCUT2D eigenvalue weighted by molar-refractivity contribution is -0.131. The van der Waals surface area contributed by atoms with Gasteiger partial charge in [-0.25, -0.2) is 4.79 Å². The molecule has 92 valence electrons. The number of nitrogens with one attached hydrogen (secondary N) is 1. The van der Waals surface area contributed by atoms with E-state index in [1.165, 1.54) is 6.08 Å². The summed E-state index contributed by atoms with van der Waals surface area (Å²) >= 11 is 0. The van der Waals surface area contributed by atoms with Crippen molar-refractivity contribution < 1.29 is 14.6 Å². The third-order valence-electron chi connectivity index (χ3n) is 2.91. The number of methoxy groups -OCH3 is 1. The van der Waals surface area contributed by atoms with Gasteiger partial charge in [0.05, 0.1) is 0 Å². The van der Waals surface area contributed by atoms with Gasteiger partial charge in [0.15, 0.2) is 0 Å². The lowest BCUT2D eigenvalue weighted by atomic mass is 9.90. The first-order valence-electron chi connectivity index (χ1n) is 5.87. The van der Waals surface area contributed by atoms with E-state index in [1.54, 1.807) is 7.11 Å². The Morgan fingerprint density at radius 3 is 2.81 bits per heavy atom. The first-order valence-corrected chi connectivity index (χ1v) is 5.87. The van der Waals surface area contributed by atoms with Crippen LogP contribution in [0.15, 0.2) is 11.6 Å². The van der Waals surface area contributed by atoms with Crippen LogP contribution in [-0.2, 0) is 9.53 Å². The topological polar surface area (TPSA) is 58.6 Å². The van der Waals surface area contributed by atoms with Crippen LogP contribution in [0.25, 0.3) is 0 Å². The molecule has 0 aromatic carbocycles. The summed E-state index contributed by atoms with van der Waals surface area (Å²) in [4.78, 5) is 10.5. The Kier molecular flexibility index (Phi) is 6.11. The van der Waals surface area contributed by atoms with Crippen LogP contribution in [-0.4, -0.2) is 37.4 Å². The molecule has 1 saturated carbocycles. The van der Waals surface area contributed by atoms with E-state index in [9.17, 15) is 4.79 Å². The molecule has 0 aliphatic heterocycles. The molecule has 4 heteroatoms. The summed E-state index contributed by atoms with van der Waals surface area (Å²) in [6, 6.07) is 0.544. The van der Waals surface area contributed by atoms with Gasteiger partial charge in [-0.2, -0.15) is 0 Å². The number of aliphatic carboxylic acids is 1. The van der Waals surface area contributed by atoms with Gasteiger partial charge in [-0.3, -0.25) is 0 Å². The fourth-order valence-corrected chi connectivity index (χ4v) is 2.03. The van der Waals surface area contributed by atoms with E-state index in [-0.39, 0.29) is 0 Å². The average Bonchev–Trinajstić information content (AvgIpc) is 2.26. The van der Waals surface area contributed by atoms with Crippen LogP contribution < -0.4 is 5.32 Å². The summed E-state index contributed by atoms with van der Waals surface area (Å²) in [5.41, 5.74) is 1.07. The Hall–Kier alpha value is -0.870. The van der Waals surface area contributed by atoms with E-state index in [0.29, 0.717) is 6.04 Å². The summed E-state index contributed by atoms with van der Waals surface area (Å²) in [5.74, 6) is -0.818. The minimum absolute atomic E-state index is 0.544. The number of carboxylic acid groups (broad SMARTS) is 1. The summed E-state index contributed by atoms with van der Waals surface area (Å²) in [6.45, 7) is 1.78. The second kappa shape index (κ2) is 7.41. The number of rotatable bonds is 6. The maximum Gasteiger partial charge on any atom is 0.328 e. The molecule has 0 spiro atoms. The average molecular weight is 227 g/mol. The zero-order valence-electron chi connectivity index (χ0n) is 9.87. The van der Waals surface area contributed by atoms with E-state index in [1.807, 2.05) is 0 Å². The van der Waals surface area contributed by atoms with Crippen LogP contribution in [0.3, 0.4) is 0 Å². The van der Waals surface area contributed by atoms with Crippen molar-refractivity contribution >= 4 is 5.97 Å². The first kappa shape index (κ1) is 13.2. The minimum atomic E-state index is -0.818. The molecule has 0 bridgehead atoms. The van der Waals surface area contributed by atoms with Crippen LogP contribution >= 0.6 is 0 Å². The minimum Gasteiger partial charge on any atom is -0.478 e. The molecule has 1 fully saturated rings. The maximum absolute atomic E-state index is 10.5. The van der Waals surface area contributed by atoms with E-state index < -0.39 is 5.97 Å². The first-order chi connectivity index (χ1) is 7.72. The molecule has 0 unspecified atom stereocenters. The zero-order chi connectivity index (χ0) is 11.8. The Labute approximate surface area is 96.7 Å². The summed E-state index contributed by atoms with van der Waals surface area (Å²) in [6.07, 6.45) is 6.31. The van der Waals surface area contributed by atoms with Gasteiger partial charge < -0.3 is 15.2 Å². The summed E-state index contributed by atoms with van der Waals surface area (Å²) < 4.78 is 4.98. The number of hydrogen-bond donors (Lipinski definition) is 2. The van der Waals surface area contributed by atoms with Crippen molar-refractivity contribution in [2.75, 3.05) is 20.3 Å². The molecule has 4 nitrogen and oxygen atoms in total. The highest BCUT2D eigenvalue weighted by atomic mass is 16.5. The third-order valence-corrected chi connectivity index (χ3v) is 2.91. The maximum atomic E-state index is 10.5. The Morgan fingerprint density at radius 2 is 2.25 bits per heavy atom.